The maximum absolute atomic E-state index is 11.0. The molecule has 12 heavy (non-hydrogen) atoms. The number of rotatable bonds is 5. The Morgan fingerprint density at radius 2 is 2.08 bits per heavy atom. The van der Waals surface area contributed by atoms with E-state index in [1.807, 2.05) is 11.8 Å². The summed E-state index contributed by atoms with van der Waals surface area (Å²) in [4.78, 5) is 12.8. The average Bonchev–Trinajstić information content (AvgIpc) is 1.99. The van der Waals surface area contributed by atoms with Crippen LogP contribution in [0, 0.1) is 0 Å². The van der Waals surface area contributed by atoms with E-state index in [0.29, 0.717) is 13.1 Å². The number of hydrogen-bond acceptors (Lipinski definition) is 3. The Morgan fingerprint density at radius 1 is 1.58 bits per heavy atom. The standard InChI is InChI=1S/C8H16ClNO2/c1-4-10(5-6-11)8(2,3)7(9)12/h11H,4-6H2,1-3H3. The van der Waals surface area contributed by atoms with Crippen LogP contribution in [0.3, 0.4) is 0 Å². The number of β-amino-alcohol motifs (C(OH)–C–C–N with tert-alkyl or cyclic N) is 1. The highest BCUT2D eigenvalue weighted by Crippen LogP contribution is 2.16. The predicted molar refractivity (Wildman–Crippen MR) is 49.3 cm³/mol. The van der Waals surface area contributed by atoms with Gasteiger partial charge >= 0.3 is 0 Å². The van der Waals surface area contributed by atoms with Crippen molar-refractivity contribution in [1.29, 1.82) is 0 Å². The van der Waals surface area contributed by atoms with Gasteiger partial charge < -0.3 is 5.11 Å². The molecule has 0 aromatic carbocycles. The second-order valence-corrected chi connectivity index (χ2v) is 3.48. The lowest BCUT2D eigenvalue weighted by Crippen LogP contribution is -2.49. The molecule has 0 atom stereocenters. The molecule has 0 bridgehead atoms. The molecule has 3 nitrogen and oxygen atoms in total. The third-order valence-corrected chi connectivity index (χ3v) is 2.49. The minimum Gasteiger partial charge on any atom is -0.395 e. The number of halogens is 1. The van der Waals surface area contributed by atoms with Gasteiger partial charge in [-0.05, 0) is 32.0 Å². The van der Waals surface area contributed by atoms with Crippen molar-refractivity contribution in [3.8, 4) is 0 Å². The van der Waals surface area contributed by atoms with E-state index in [0.717, 1.165) is 0 Å². The van der Waals surface area contributed by atoms with E-state index in [1.165, 1.54) is 0 Å². The highest BCUT2D eigenvalue weighted by Gasteiger charge is 2.31. The lowest BCUT2D eigenvalue weighted by molar-refractivity contribution is -0.121. The van der Waals surface area contributed by atoms with Crippen LogP contribution in [0.25, 0.3) is 0 Å². The summed E-state index contributed by atoms with van der Waals surface area (Å²) in [5.74, 6) is 0. The fourth-order valence-electron chi connectivity index (χ4n) is 1.08. The number of aliphatic hydroxyl groups is 1. The van der Waals surface area contributed by atoms with Gasteiger partial charge in [0.25, 0.3) is 0 Å². The summed E-state index contributed by atoms with van der Waals surface area (Å²) in [7, 11) is 0. The second kappa shape index (κ2) is 4.80. The summed E-state index contributed by atoms with van der Waals surface area (Å²) in [6.07, 6.45) is 0. The maximum atomic E-state index is 11.0. The Morgan fingerprint density at radius 3 is 2.33 bits per heavy atom. The molecule has 0 saturated carbocycles. The molecule has 0 spiro atoms. The number of aliphatic hydroxyl groups excluding tert-OH is 1. The largest absolute Gasteiger partial charge is 0.395 e. The monoisotopic (exact) mass is 193 g/mol. The van der Waals surface area contributed by atoms with Crippen molar-refractivity contribution in [3.63, 3.8) is 0 Å². The fraction of sp³-hybridized carbons (Fsp3) is 0.875. The van der Waals surface area contributed by atoms with Crippen molar-refractivity contribution in [2.24, 2.45) is 0 Å². The third-order valence-electron chi connectivity index (χ3n) is 2.02. The summed E-state index contributed by atoms with van der Waals surface area (Å²) >= 11 is 5.42. The molecule has 0 heterocycles. The Balaban J connectivity index is 4.36. The molecule has 1 N–H and O–H groups in total. The second-order valence-electron chi connectivity index (χ2n) is 3.14. The van der Waals surface area contributed by atoms with Crippen LogP contribution in [-0.2, 0) is 4.79 Å². The molecule has 0 amide bonds. The Bertz CT molecular complexity index is 159. The summed E-state index contributed by atoms with van der Waals surface area (Å²) < 4.78 is 0. The van der Waals surface area contributed by atoms with Crippen molar-refractivity contribution in [3.05, 3.63) is 0 Å². The van der Waals surface area contributed by atoms with Gasteiger partial charge in [0.2, 0.25) is 5.24 Å². The third kappa shape index (κ3) is 2.73. The van der Waals surface area contributed by atoms with Gasteiger partial charge in [0.05, 0.1) is 12.1 Å². The van der Waals surface area contributed by atoms with Crippen LogP contribution in [0.5, 0.6) is 0 Å². The van der Waals surface area contributed by atoms with E-state index in [4.69, 9.17) is 16.7 Å². The summed E-state index contributed by atoms with van der Waals surface area (Å²) in [5.41, 5.74) is -0.682. The fourth-order valence-corrected chi connectivity index (χ4v) is 1.20. The van der Waals surface area contributed by atoms with E-state index in [2.05, 4.69) is 0 Å². The van der Waals surface area contributed by atoms with Crippen molar-refractivity contribution >= 4 is 16.8 Å². The van der Waals surface area contributed by atoms with E-state index < -0.39 is 10.8 Å². The first kappa shape index (κ1) is 11.9. The molecule has 0 aliphatic heterocycles. The number of likely N-dealkylation sites (N-methyl/N-ethyl adjacent to an activating group) is 1. The quantitative estimate of drug-likeness (QED) is 0.658. The number of carbonyl (C=O) groups is 1. The van der Waals surface area contributed by atoms with Gasteiger partial charge in [-0.1, -0.05) is 6.92 Å². The molecule has 0 aliphatic carbocycles. The predicted octanol–water partition coefficient (Wildman–Crippen LogP) is 0.845. The zero-order valence-corrected chi connectivity index (χ0v) is 8.56. The number of carbonyl (C=O) groups excluding carboxylic acids is 1. The smallest absolute Gasteiger partial charge is 0.241 e. The van der Waals surface area contributed by atoms with Gasteiger partial charge in [0, 0.05) is 6.54 Å². The normalized spacial score (nSPS) is 12.2. The van der Waals surface area contributed by atoms with Crippen molar-refractivity contribution in [2.45, 2.75) is 26.3 Å². The summed E-state index contributed by atoms with van der Waals surface area (Å²) in [6.45, 7) is 6.65. The lowest BCUT2D eigenvalue weighted by Gasteiger charge is -2.33. The highest BCUT2D eigenvalue weighted by molar-refractivity contribution is 6.65. The molecular weight excluding hydrogens is 178 g/mol. The molecule has 72 valence electrons. The lowest BCUT2D eigenvalue weighted by atomic mass is 10.1. The minimum atomic E-state index is -0.682. The van der Waals surface area contributed by atoms with E-state index in [-0.39, 0.29) is 6.61 Å². The Hall–Kier alpha value is -0.120. The zero-order chi connectivity index (χ0) is 9.78. The van der Waals surface area contributed by atoms with Gasteiger partial charge in [-0.25, -0.2) is 0 Å². The van der Waals surface area contributed by atoms with Crippen molar-refractivity contribution < 1.29 is 9.90 Å². The molecule has 0 aliphatic rings. The van der Waals surface area contributed by atoms with E-state index in [1.54, 1.807) is 13.8 Å². The topological polar surface area (TPSA) is 40.5 Å². The van der Waals surface area contributed by atoms with Crippen molar-refractivity contribution in [1.82, 2.24) is 4.90 Å². The Labute approximate surface area is 78.3 Å². The van der Waals surface area contributed by atoms with Crippen LogP contribution in [-0.4, -0.2) is 40.5 Å². The SMILES string of the molecule is CCN(CCO)C(C)(C)C(=O)Cl. The van der Waals surface area contributed by atoms with Gasteiger partial charge in [0.1, 0.15) is 0 Å². The van der Waals surface area contributed by atoms with E-state index >= 15 is 0 Å². The van der Waals surface area contributed by atoms with Crippen LogP contribution in [0.4, 0.5) is 0 Å². The van der Waals surface area contributed by atoms with Crippen LogP contribution < -0.4 is 0 Å². The summed E-state index contributed by atoms with van der Waals surface area (Å²) in [6, 6.07) is 0. The molecular formula is C8H16ClNO2. The minimum absolute atomic E-state index is 0.0431. The first-order chi connectivity index (χ1) is 5.46. The van der Waals surface area contributed by atoms with Gasteiger partial charge in [0.15, 0.2) is 0 Å². The molecule has 0 aromatic rings. The molecule has 0 aromatic heterocycles. The van der Waals surface area contributed by atoms with E-state index in [9.17, 15) is 4.79 Å². The zero-order valence-electron chi connectivity index (χ0n) is 7.80. The average molecular weight is 194 g/mol. The summed E-state index contributed by atoms with van der Waals surface area (Å²) in [5, 5.41) is 8.33. The first-order valence-electron chi connectivity index (χ1n) is 4.02. The molecule has 0 rings (SSSR count). The molecule has 0 saturated heterocycles. The molecule has 0 radical (unpaired) electrons. The van der Waals surface area contributed by atoms with Crippen LogP contribution in [0.1, 0.15) is 20.8 Å². The highest BCUT2D eigenvalue weighted by atomic mass is 35.5. The van der Waals surface area contributed by atoms with Crippen LogP contribution >= 0.6 is 11.6 Å². The first-order valence-corrected chi connectivity index (χ1v) is 4.40. The van der Waals surface area contributed by atoms with Gasteiger partial charge in [-0.2, -0.15) is 0 Å². The number of hydrogen-bond donors (Lipinski definition) is 1. The Kier molecular flexibility index (Phi) is 4.75. The van der Waals surface area contributed by atoms with Crippen molar-refractivity contribution in [2.75, 3.05) is 19.7 Å². The van der Waals surface area contributed by atoms with Crippen LogP contribution in [0.15, 0.2) is 0 Å². The molecule has 4 heteroatoms. The molecule has 0 fully saturated rings. The van der Waals surface area contributed by atoms with Crippen LogP contribution in [0.2, 0.25) is 0 Å². The van der Waals surface area contributed by atoms with Gasteiger partial charge in [-0.15, -0.1) is 0 Å². The maximum Gasteiger partial charge on any atom is 0.241 e. The number of nitrogens with zero attached hydrogens (tertiary/aromatic N) is 1. The van der Waals surface area contributed by atoms with Gasteiger partial charge in [-0.3, -0.25) is 9.69 Å². The molecule has 0 unspecified atom stereocenters.